The molecule has 0 aromatic heterocycles. The van der Waals surface area contributed by atoms with E-state index in [1.54, 1.807) is 31.2 Å². The van der Waals surface area contributed by atoms with Gasteiger partial charge in [-0.05, 0) is 57.8 Å². The van der Waals surface area contributed by atoms with Crippen LogP contribution < -0.4 is 0 Å². The van der Waals surface area contributed by atoms with E-state index in [2.05, 4.69) is 4.90 Å². The number of ether oxygens (including phenoxy) is 2. The second-order valence-electron chi connectivity index (χ2n) is 6.87. The van der Waals surface area contributed by atoms with E-state index in [9.17, 15) is 9.59 Å². The molecule has 5 heteroatoms. The number of hydrogen-bond donors (Lipinski definition) is 0. The highest BCUT2D eigenvalue weighted by atomic mass is 16.5. The maximum absolute atomic E-state index is 12.5. The molecule has 2 unspecified atom stereocenters. The fourth-order valence-electron chi connectivity index (χ4n) is 4.08. The minimum absolute atomic E-state index is 0.275. The number of hydrogen-bond acceptors (Lipinski definition) is 5. The largest absolute Gasteiger partial charge is 0.462 e. The summed E-state index contributed by atoms with van der Waals surface area (Å²) in [6.45, 7) is 4.79. The first-order valence-corrected chi connectivity index (χ1v) is 9.38. The number of carbonyl (C=O) groups is 2. The van der Waals surface area contributed by atoms with Crippen LogP contribution in [0.15, 0.2) is 24.3 Å². The Kier molecular flexibility index (Phi) is 6.08. The van der Waals surface area contributed by atoms with Crippen LogP contribution in [0.5, 0.6) is 0 Å². The molecule has 2 fully saturated rings. The van der Waals surface area contributed by atoms with Gasteiger partial charge in [-0.3, -0.25) is 4.90 Å². The number of fused-ring (bicyclic) bond motifs is 1. The number of piperidine rings is 2. The third-order valence-electron chi connectivity index (χ3n) is 5.30. The first-order valence-electron chi connectivity index (χ1n) is 9.38. The van der Waals surface area contributed by atoms with Gasteiger partial charge in [0.2, 0.25) is 0 Å². The molecule has 136 valence electrons. The Balaban J connectivity index is 1.64. The molecule has 0 amide bonds. The zero-order valence-corrected chi connectivity index (χ0v) is 14.9. The molecule has 0 spiro atoms. The summed E-state index contributed by atoms with van der Waals surface area (Å²) in [6, 6.07) is 7.24. The molecule has 2 atom stereocenters. The van der Waals surface area contributed by atoms with Gasteiger partial charge in [0.05, 0.1) is 24.3 Å². The molecule has 2 saturated heterocycles. The van der Waals surface area contributed by atoms with E-state index < -0.39 is 11.9 Å². The molecule has 2 aliphatic rings. The highest BCUT2D eigenvalue weighted by Gasteiger charge is 2.33. The molecule has 1 aromatic rings. The van der Waals surface area contributed by atoms with Crippen LogP contribution in [0.2, 0.25) is 0 Å². The normalized spacial score (nSPS) is 23.6. The van der Waals surface area contributed by atoms with E-state index in [-0.39, 0.29) is 17.7 Å². The van der Waals surface area contributed by atoms with Gasteiger partial charge in [0.25, 0.3) is 0 Å². The molecule has 0 N–H and O–H groups in total. The summed E-state index contributed by atoms with van der Waals surface area (Å²) in [5.41, 5.74) is 0.564. The summed E-state index contributed by atoms with van der Waals surface area (Å²) in [6.07, 6.45) is 6.00. The monoisotopic (exact) mass is 345 g/mol. The van der Waals surface area contributed by atoms with Crippen LogP contribution in [0, 0.1) is 5.92 Å². The number of rotatable bonds is 5. The van der Waals surface area contributed by atoms with E-state index in [4.69, 9.17) is 9.47 Å². The molecule has 25 heavy (non-hydrogen) atoms. The van der Waals surface area contributed by atoms with Gasteiger partial charge >= 0.3 is 11.9 Å². The number of carbonyl (C=O) groups excluding carboxylic acids is 2. The standard InChI is InChI=1S/C20H27NO4/c1-2-24-19(22)16-9-3-4-10-17(16)20(23)25-14-15-8-7-13-21-12-6-5-11-18(15)21/h3-4,9-10,15,18H,2,5-8,11-14H2,1H3. The average Bonchev–Trinajstić information content (AvgIpc) is 2.66. The Morgan fingerprint density at radius 2 is 1.68 bits per heavy atom. The van der Waals surface area contributed by atoms with Crippen molar-refractivity contribution in [2.75, 3.05) is 26.3 Å². The average molecular weight is 345 g/mol. The van der Waals surface area contributed by atoms with Crippen LogP contribution in [0.3, 0.4) is 0 Å². The molecule has 5 nitrogen and oxygen atoms in total. The van der Waals surface area contributed by atoms with Crippen molar-refractivity contribution in [1.82, 2.24) is 4.90 Å². The summed E-state index contributed by atoms with van der Waals surface area (Å²) in [7, 11) is 0. The van der Waals surface area contributed by atoms with E-state index in [1.165, 1.54) is 32.4 Å². The molecule has 2 heterocycles. The lowest BCUT2D eigenvalue weighted by Crippen LogP contribution is -2.49. The van der Waals surface area contributed by atoms with Gasteiger partial charge < -0.3 is 9.47 Å². The molecule has 3 rings (SSSR count). The zero-order valence-electron chi connectivity index (χ0n) is 14.9. The Morgan fingerprint density at radius 3 is 2.40 bits per heavy atom. The second kappa shape index (κ2) is 8.48. The quantitative estimate of drug-likeness (QED) is 0.767. The summed E-state index contributed by atoms with van der Waals surface area (Å²) in [5, 5.41) is 0. The van der Waals surface area contributed by atoms with E-state index >= 15 is 0 Å². The first kappa shape index (κ1) is 17.9. The van der Waals surface area contributed by atoms with Crippen LogP contribution in [0.1, 0.15) is 59.7 Å². The van der Waals surface area contributed by atoms with Gasteiger partial charge in [-0.2, -0.15) is 0 Å². The van der Waals surface area contributed by atoms with Gasteiger partial charge in [0.15, 0.2) is 0 Å². The second-order valence-corrected chi connectivity index (χ2v) is 6.87. The lowest BCUT2D eigenvalue weighted by atomic mass is 9.84. The minimum atomic E-state index is -0.480. The molecule has 0 radical (unpaired) electrons. The van der Waals surface area contributed by atoms with Crippen molar-refractivity contribution in [3.63, 3.8) is 0 Å². The molecule has 2 aliphatic heterocycles. The highest BCUT2D eigenvalue weighted by Crippen LogP contribution is 2.31. The van der Waals surface area contributed by atoms with Crippen molar-refractivity contribution in [2.45, 2.75) is 45.1 Å². The summed E-state index contributed by atoms with van der Waals surface area (Å²) in [4.78, 5) is 27.1. The fraction of sp³-hybridized carbons (Fsp3) is 0.600. The van der Waals surface area contributed by atoms with Gasteiger partial charge in [0.1, 0.15) is 0 Å². The van der Waals surface area contributed by atoms with E-state index in [0.29, 0.717) is 18.6 Å². The zero-order chi connectivity index (χ0) is 17.6. The van der Waals surface area contributed by atoms with Crippen LogP contribution in [-0.4, -0.2) is 49.2 Å². The third-order valence-corrected chi connectivity index (χ3v) is 5.30. The molecule has 0 aliphatic carbocycles. The molecule has 0 bridgehead atoms. The van der Waals surface area contributed by atoms with Gasteiger partial charge in [-0.25, -0.2) is 9.59 Å². The molecule has 1 aromatic carbocycles. The minimum Gasteiger partial charge on any atom is -0.462 e. The molecular weight excluding hydrogens is 318 g/mol. The summed E-state index contributed by atoms with van der Waals surface area (Å²) in [5.74, 6) is -0.518. The third kappa shape index (κ3) is 4.21. The highest BCUT2D eigenvalue weighted by molar-refractivity contribution is 6.03. The lowest BCUT2D eigenvalue weighted by Gasteiger charge is -2.44. The van der Waals surface area contributed by atoms with Crippen molar-refractivity contribution in [2.24, 2.45) is 5.92 Å². The summed E-state index contributed by atoms with van der Waals surface area (Å²) >= 11 is 0. The Hall–Kier alpha value is -1.88. The van der Waals surface area contributed by atoms with Crippen LogP contribution >= 0.6 is 0 Å². The number of nitrogens with zero attached hydrogens (tertiary/aromatic N) is 1. The maximum atomic E-state index is 12.5. The van der Waals surface area contributed by atoms with Gasteiger partial charge in [0, 0.05) is 12.0 Å². The maximum Gasteiger partial charge on any atom is 0.339 e. The fourth-order valence-corrected chi connectivity index (χ4v) is 4.08. The van der Waals surface area contributed by atoms with E-state index in [0.717, 1.165) is 12.8 Å². The van der Waals surface area contributed by atoms with Crippen molar-refractivity contribution < 1.29 is 19.1 Å². The van der Waals surface area contributed by atoms with Crippen molar-refractivity contribution in [1.29, 1.82) is 0 Å². The Labute approximate surface area is 149 Å². The van der Waals surface area contributed by atoms with Crippen molar-refractivity contribution >= 4 is 11.9 Å². The topological polar surface area (TPSA) is 55.8 Å². The SMILES string of the molecule is CCOC(=O)c1ccccc1C(=O)OCC1CCCN2CCCCC12. The van der Waals surface area contributed by atoms with Crippen LogP contribution in [0.4, 0.5) is 0 Å². The molecule has 0 saturated carbocycles. The summed E-state index contributed by atoms with van der Waals surface area (Å²) < 4.78 is 10.6. The smallest absolute Gasteiger partial charge is 0.339 e. The lowest BCUT2D eigenvalue weighted by molar-refractivity contribution is 0.00712. The van der Waals surface area contributed by atoms with Crippen LogP contribution in [0.25, 0.3) is 0 Å². The predicted molar refractivity (Wildman–Crippen MR) is 94.6 cm³/mol. The molecular formula is C20H27NO4. The Bertz CT molecular complexity index is 613. The van der Waals surface area contributed by atoms with Gasteiger partial charge in [-0.15, -0.1) is 0 Å². The predicted octanol–water partition coefficient (Wildman–Crippen LogP) is 3.28. The Morgan fingerprint density at radius 1 is 1.00 bits per heavy atom. The number of esters is 2. The first-order chi connectivity index (χ1) is 12.2. The van der Waals surface area contributed by atoms with E-state index in [1.807, 2.05) is 0 Å². The van der Waals surface area contributed by atoms with Crippen molar-refractivity contribution in [3.8, 4) is 0 Å². The van der Waals surface area contributed by atoms with Crippen LogP contribution in [-0.2, 0) is 9.47 Å². The number of benzene rings is 1. The van der Waals surface area contributed by atoms with Gasteiger partial charge in [-0.1, -0.05) is 18.6 Å². The van der Waals surface area contributed by atoms with Crippen molar-refractivity contribution in [3.05, 3.63) is 35.4 Å².